The number of nitrogens with one attached hydrogen (secondary N) is 2. The highest BCUT2D eigenvalue weighted by Gasteiger charge is 2.16. The van der Waals surface area contributed by atoms with E-state index in [1.54, 1.807) is 37.3 Å². The van der Waals surface area contributed by atoms with E-state index < -0.39 is 10.0 Å². The third-order valence-corrected chi connectivity index (χ3v) is 6.19. The number of halogens is 1. The Morgan fingerprint density at radius 3 is 2.41 bits per heavy atom. The molecule has 0 fully saturated rings. The molecule has 4 aromatic rings. The summed E-state index contributed by atoms with van der Waals surface area (Å²) in [6.45, 7) is 1.78. The zero-order chi connectivity index (χ0) is 19.0. The number of rotatable bonds is 4. The molecule has 0 aliphatic heterocycles. The molecule has 0 saturated heterocycles. The molecule has 0 atom stereocenters. The Morgan fingerprint density at radius 2 is 1.67 bits per heavy atom. The molecular formula is C21H17ClN2O2S. The van der Waals surface area contributed by atoms with Gasteiger partial charge < -0.3 is 4.98 Å². The summed E-state index contributed by atoms with van der Waals surface area (Å²) in [6.07, 6.45) is 0. The van der Waals surface area contributed by atoms with Crippen LogP contribution in [0.1, 0.15) is 5.56 Å². The van der Waals surface area contributed by atoms with Crippen molar-refractivity contribution in [1.29, 1.82) is 0 Å². The lowest BCUT2D eigenvalue weighted by atomic mass is 10.1. The lowest BCUT2D eigenvalue weighted by Gasteiger charge is -2.10. The predicted octanol–water partition coefficient (Wildman–Crippen LogP) is 5.60. The van der Waals surface area contributed by atoms with Gasteiger partial charge in [-0.2, -0.15) is 0 Å². The van der Waals surface area contributed by atoms with Crippen molar-refractivity contribution in [2.24, 2.45) is 0 Å². The highest BCUT2D eigenvalue weighted by atomic mass is 35.5. The molecular weight excluding hydrogens is 380 g/mol. The van der Waals surface area contributed by atoms with Crippen molar-refractivity contribution in [2.75, 3.05) is 4.72 Å². The van der Waals surface area contributed by atoms with Crippen molar-refractivity contribution in [3.63, 3.8) is 0 Å². The minimum absolute atomic E-state index is 0.279. The average Bonchev–Trinajstić information content (AvgIpc) is 3.05. The fourth-order valence-corrected chi connectivity index (χ4v) is 4.53. The second-order valence-electron chi connectivity index (χ2n) is 6.36. The molecule has 0 saturated carbocycles. The van der Waals surface area contributed by atoms with E-state index in [1.165, 1.54) is 0 Å². The first-order valence-corrected chi connectivity index (χ1v) is 10.3. The molecule has 2 N–H and O–H groups in total. The van der Waals surface area contributed by atoms with Gasteiger partial charge in [0.05, 0.1) is 4.90 Å². The fourth-order valence-electron chi connectivity index (χ4n) is 3.04. The van der Waals surface area contributed by atoms with E-state index in [1.807, 2.05) is 42.5 Å². The van der Waals surface area contributed by atoms with E-state index in [2.05, 4.69) is 9.71 Å². The molecule has 0 aliphatic carbocycles. The number of H-pyrrole nitrogens is 1. The lowest BCUT2D eigenvalue weighted by Crippen LogP contribution is -2.14. The van der Waals surface area contributed by atoms with Crippen LogP contribution in [0.5, 0.6) is 0 Å². The summed E-state index contributed by atoms with van der Waals surface area (Å²) in [4.78, 5) is 3.62. The number of aromatic nitrogens is 1. The molecule has 4 nitrogen and oxygen atoms in total. The molecule has 0 aliphatic rings. The van der Waals surface area contributed by atoms with Crippen LogP contribution in [0.25, 0.3) is 22.2 Å². The molecule has 0 radical (unpaired) electrons. The zero-order valence-electron chi connectivity index (χ0n) is 14.5. The van der Waals surface area contributed by atoms with E-state index in [0.29, 0.717) is 16.3 Å². The van der Waals surface area contributed by atoms with Gasteiger partial charge in [0.1, 0.15) is 0 Å². The van der Waals surface area contributed by atoms with E-state index in [4.69, 9.17) is 11.6 Å². The van der Waals surface area contributed by atoms with E-state index in [9.17, 15) is 8.42 Å². The Balaban J connectivity index is 1.61. The van der Waals surface area contributed by atoms with Crippen LogP contribution >= 0.6 is 11.6 Å². The van der Waals surface area contributed by atoms with Crippen LogP contribution in [0.2, 0.25) is 5.02 Å². The standard InChI is InChI=1S/C21H17ClN2O2S/c1-14-4-2-3-5-21(14)27(25,26)24-18-9-6-15(7-10-18)20-13-16-12-17(22)8-11-19(16)23-20/h2-13,23-24H,1H3. The smallest absolute Gasteiger partial charge is 0.262 e. The minimum atomic E-state index is -3.62. The number of benzene rings is 3. The second kappa shape index (κ2) is 6.76. The normalized spacial score (nSPS) is 11.6. The lowest BCUT2D eigenvalue weighted by molar-refractivity contribution is 0.600. The molecule has 0 bridgehead atoms. The van der Waals surface area contributed by atoms with E-state index in [-0.39, 0.29) is 4.90 Å². The van der Waals surface area contributed by atoms with Crippen LogP contribution in [-0.4, -0.2) is 13.4 Å². The maximum absolute atomic E-state index is 12.6. The third kappa shape index (κ3) is 3.56. The van der Waals surface area contributed by atoms with Crippen molar-refractivity contribution in [1.82, 2.24) is 4.98 Å². The number of aryl methyl sites for hydroxylation is 1. The van der Waals surface area contributed by atoms with Gasteiger partial charge in [0.25, 0.3) is 10.0 Å². The number of fused-ring (bicyclic) bond motifs is 1. The highest BCUT2D eigenvalue weighted by molar-refractivity contribution is 7.92. The molecule has 4 rings (SSSR count). The Hall–Kier alpha value is -2.76. The number of hydrogen-bond donors (Lipinski definition) is 2. The summed E-state index contributed by atoms with van der Waals surface area (Å²) in [7, 11) is -3.62. The van der Waals surface area contributed by atoms with Crippen LogP contribution in [0.4, 0.5) is 5.69 Å². The SMILES string of the molecule is Cc1ccccc1S(=O)(=O)Nc1ccc(-c2cc3cc(Cl)ccc3[nH]2)cc1. The highest BCUT2D eigenvalue weighted by Crippen LogP contribution is 2.28. The quantitative estimate of drug-likeness (QED) is 0.471. The van der Waals surface area contributed by atoms with Crippen molar-refractivity contribution in [3.05, 3.63) is 83.4 Å². The van der Waals surface area contributed by atoms with Crippen LogP contribution < -0.4 is 4.72 Å². The Bertz CT molecular complexity index is 1230. The summed E-state index contributed by atoms with van der Waals surface area (Å²) in [5.74, 6) is 0. The van der Waals surface area contributed by atoms with Gasteiger partial charge in [0.15, 0.2) is 0 Å². The fraction of sp³-hybridized carbons (Fsp3) is 0.0476. The molecule has 1 aromatic heterocycles. The Labute approximate surface area is 162 Å². The van der Waals surface area contributed by atoms with Gasteiger partial charge in [-0.1, -0.05) is 41.9 Å². The van der Waals surface area contributed by atoms with Gasteiger partial charge in [0, 0.05) is 27.3 Å². The van der Waals surface area contributed by atoms with E-state index >= 15 is 0 Å². The van der Waals surface area contributed by atoms with Crippen molar-refractivity contribution >= 4 is 38.2 Å². The number of anilines is 1. The van der Waals surface area contributed by atoms with Crippen LogP contribution in [0, 0.1) is 6.92 Å². The van der Waals surface area contributed by atoms with Crippen molar-refractivity contribution in [3.8, 4) is 11.3 Å². The van der Waals surface area contributed by atoms with Gasteiger partial charge in [0.2, 0.25) is 0 Å². The van der Waals surface area contributed by atoms with Gasteiger partial charge in [-0.25, -0.2) is 8.42 Å². The molecule has 6 heteroatoms. The molecule has 1 heterocycles. The molecule has 0 amide bonds. The average molecular weight is 397 g/mol. The van der Waals surface area contributed by atoms with Gasteiger partial charge in [-0.15, -0.1) is 0 Å². The molecule has 0 spiro atoms. The second-order valence-corrected chi connectivity index (χ2v) is 8.45. The van der Waals surface area contributed by atoms with Gasteiger partial charge >= 0.3 is 0 Å². The van der Waals surface area contributed by atoms with Crippen molar-refractivity contribution < 1.29 is 8.42 Å². The van der Waals surface area contributed by atoms with Gasteiger partial charge in [-0.3, -0.25) is 4.72 Å². The topological polar surface area (TPSA) is 62.0 Å². The molecule has 3 aromatic carbocycles. The Kier molecular flexibility index (Phi) is 4.42. The summed E-state index contributed by atoms with van der Waals surface area (Å²) >= 11 is 6.04. The largest absolute Gasteiger partial charge is 0.355 e. The first-order chi connectivity index (χ1) is 12.9. The van der Waals surface area contributed by atoms with Crippen LogP contribution in [-0.2, 0) is 10.0 Å². The predicted molar refractivity (Wildman–Crippen MR) is 111 cm³/mol. The monoisotopic (exact) mass is 396 g/mol. The number of aromatic amines is 1. The maximum atomic E-state index is 12.6. The van der Waals surface area contributed by atoms with Gasteiger partial charge in [-0.05, 0) is 60.5 Å². The molecule has 27 heavy (non-hydrogen) atoms. The number of hydrogen-bond acceptors (Lipinski definition) is 2. The molecule has 0 unspecified atom stereocenters. The van der Waals surface area contributed by atoms with Crippen LogP contribution in [0.15, 0.2) is 77.7 Å². The first kappa shape index (κ1) is 17.6. The molecule has 136 valence electrons. The summed E-state index contributed by atoms with van der Waals surface area (Å²) in [6, 6.07) is 21.9. The maximum Gasteiger partial charge on any atom is 0.262 e. The van der Waals surface area contributed by atoms with Crippen molar-refractivity contribution in [2.45, 2.75) is 11.8 Å². The van der Waals surface area contributed by atoms with Crippen LogP contribution in [0.3, 0.4) is 0 Å². The third-order valence-electron chi connectivity index (χ3n) is 4.41. The number of sulfonamides is 1. The summed E-state index contributed by atoms with van der Waals surface area (Å²) < 4.78 is 27.8. The summed E-state index contributed by atoms with van der Waals surface area (Å²) in [5, 5.41) is 1.72. The zero-order valence-corrected chi connectivity index (χ0v) is 16.1. The van der Waals surface area contributed by atoms with E-state index in [0.717, 1.165) is 22.2 Å². The Morgan fingerprint density at radius 1 is 0.926 bits per heavy atom. The summed E-state index contributed by atoms with van der Waals surface area (Å²) in [5.41, 5.74) is 4.12. The minimum Gasteiger partial charge on any atom is -0.355 e. The first-order valence-electron chi connectivity index (χ1n) is 8.39.